The Morgan fingerprint density at radius 1 is 1.31 bits per heavy atom. The molecule has 0 aliphatic carbocycles. The third-order valence-corrected chi connectivity index (χ3v) is 4.76. The van der Waals surface area contributed by atoms with Gasteiger partial charge in [0.1, 0.15) is 24.5 Å². The molecule has 26 heavy (non-hydrogen) atoms. The van der Waals surface area contributed by atoms with Gasteiger partial charge in [0.2, 0.25) is 5.91 Å². The van der Waals surface area contributed by atoms with Gasteiger partial charge in [0.15, 0.2) is 0 Å². The quantitative estimate of drug-likeness (QED) is 0.695. The molecule has 6 nitrogen and oxygen atoms in total. The number of ether oxygens (including phenoxy) is 1. The smallest absolute Gasteiger partial charge is 0.226 e. The first kappa shape index (κ1) is 16.8. The van der Waals surface area contributed by atoms with Crippen LogP contribution < -0.4 is 15.0 Å². The van der Waals surface area contributed by atoms with Gasteiger partial charge in [-0.1, -0.05) is 28.9 Å². The number of nitrogens with one attached hydrogen (secondary N) is 1. The second kappa shape index (κ2) is 6.92. The Balaban J connectivity index is 1.81. The van der Waals surface area contributed by atoms with Gasteiger partial charge in [-0.3, -0.25) is 4.79 Å². The Morgan fingerprint density at radius 2 is 2.19 bits per heavy atom. The molecule has 0 saturated carbocycles. The third kappa shape index (κ3) is 3.10. The predicted octanol–water partition coefficient (Wildman–Crippen LogP) is 4.27. The van der Waals surface area contributed by atoms with Crippen LogP contribution in [0.5, 0.6) is 5.75 Å². The van der Waals surface area contributed by atoms with Gasteiger partial charge in [-0.15, -0.1) is 0 Å². The number of halogens is 1. The van der Waals surface area contributed by atoms with E-state index in [2.05, 4.69) is 31.2 Å². The monoisotopic (exact) mass is 412 g/mol. The van der Waals surface area contributed by atoms with Crippen LogP contribution in [-0.4, -0.2) is 29.0 Å². The number of fused-ring (bicyclic) bond motifs is 2. The minimum Gasteiger partial charge on any atom is -0.489 e. The zero-order chi connectivity index (χ0) is 18.1. The van der Waals surface area contributed by atoms with Crippen LogP contribution in [0.15, 0.2) is 47.2 Å². The first-order valence-corrected chi connectivity index (χ1v) is 9.19. The summed E-state index contributed by atoms with van der Waals surface area (Å²) in [5.41, 5.74) is 2.44. The number of carbonyl (C=O) groups is 1. The van der Waals surface area contributed by atoms with Crippen molar-refractivity contribution in [3.8, 4) is 5.75 Å². The Bertz CT molecular complexity index is 992. The number of rotatable bonds is 3. The number of amides is 1. The first-order valence-electron chi connectivity index (χ1n) is 8.40. The van der Waals surface area contributed by atoms with Crippen molar-refractivity contribution in [1.29, 1.82) is 0 Å². The van der Waals surface area contributed by atoms with Gasteiger partial charge in [0.25, 0.3) is 0 Å². The fourth-order valence-electron chi connectivity index (χ4n) is 3.02. The average Bonchev–Trinajstić information content (AvgIpc) is 2.66. The van der Waals surface area contributed by atoms with Crippen LogP contribution >= 0.6 is 15.9 Å². The molecular weight excluding hydrogens is 396 g/mol. The topological polar surface area (TPSA) is 67.4 Å². The van der Waals surface area contributed by atoms with Gasteiger partial charge in [0, 0.05) is 28.0 Å². The van der Waals surface area contributed by atoms with E-state index >= 15 is 0 Å². The van der Waals surface area contributed by atoms with Crippen molar-refractivity contribution >= 4 is 49.9 Å². The van der Waals surface area contributed by atoms with E-state index in [1.807, 2.05) is 43.3 Å². The maximum atomic E-state index is 12.3. The summed E-state index contributed by atoms with van der Waals surface area (Å²) in [5.74, 6) is 1.44. The molecule has 1 aromatic heterocycles. The van der Waals surface area contributed by atoms with Gasteiger partial charge in [-0.05, 0) is 24.3 Å². The fraction of sp³-hybridized carbons (Fsp3) is 0.211. The molecule has 3 aromatic rings. The molecule has 1 aliphatic heterocycles. The SMILES string of the molecule is CCC(=O)N1CCOc2cc3ncnc(Nc4cccc(Br)c4)c3cc21. The summed E-state index contributed by atoms with van der Waals surface area (Å²) >= 11 is 3.47. The summed E-state index contributed by atoms with van der Waals surface area (Å²) in [6, 6.07) is 11.7. The lowest BCUT2D eigenvalue weighted by Crippen LogP contribution is -2.37. The largest absolute Gasteiger partial charge is 0.489 e. The average molecular weight is 413 g/mol. The lowest BCUT2D eigenvalue weighted by Gasteiger charge is -2.29. The fourth-order valence-corrected chi connectivity index (χ4v) is 3.42. The van der Waals surface area contributed by atoms with Gasteiger partial charge < -0.3 is 15.0 Å². The van der Waals surface area contributed by atoms with Crippen LogP contribution in [0.4, 0.5) is 17.2 Å². The molecule has 2 aromatic carbocycles. The van der Waals surface area contributed by atoms with E-state index in [1.54, 1.807) is 4.90 Å². The summed E-state index contributed by atoms with van der Waals surface area (Å²) in [7, 11) is 0. The van der Waals surface area contributed by atoms with E-state index < -0.39 is 0 Å². The van der Waals surface area contributed by atoms with Crippen molar-refractivity contribution in [2.75, 3.05) is 23.4 Å². The van der Waals surface area contributed by atoms with Crippen molar-refractivity contribution in [3.63, 3.8) is 0 Å². The molecule has 0 radical (unpaired) electrons. The second-order valence-corrected chi connectivity index (χ2v) is 6.86. The number of anilines is 3. The molecule has 7 heteroatoms. The van der Waals surface area contributed by atoms with Crippen molar-refractivity contribution in [2.24, 2.45) is 0 Å². The Morgan fingerprint density at radius 3 is 3.00 bits per heavy atom. The summed E-state index contributed by atoms with van der Waals surface area (Å²) < 4.78 is 6.73. The number of hydrogen-bond acceptors (Lipinski definition) is 5. The highest BCUT2D eigenvalue weighted by Gasteiger charge is 2.24. The lowest BCUT2D eigenvalue weighted by molar-refractivity contribution is -0.118. The number of aromatic nitrogens is 2. The molecule has 1 aliphatic rings. The molecule has 0 unspecified atom stereocenters. The molecule has 0 spiro atoms. The molecular formula is C19H17BrN4O2. The molecule has 4 rings (SSSR count). The Labute approximate surface area is 159 Å². The Kier molecular flexibility index (Phi) is 4.46. The molecule has 1 N–H and O–H groups in total. The van der Waals surface area contributed by atoms with Crippen molar-refractivity contribution < 1.29 is 9.53 Å². The molecule has 132 valence electrons. The highest BCUT2D eigenvalue weighted by atomic mass is 79.9. The number of carbonyl (C=O) groups excluding carboxylic acids is 1. The number of nitrogens with zero attached hydrogens (tertiary/aromatic N) is 3. The van der Waals surface area contributed by atoms with Crippen LogP contribution in [0.25, 0.3) is 10.9 Å². The summed E-state index contributed by atoms with van der Waals surface area (Å²) in [6.07, 6.45) is 1.97. The van der Waals surface area contributed by atoms with Gasteiger partial charge >= 0.3 is 0 Å². The third-order valence-electron chi connectivity index (χ3n) is 4.27. The summed E-state index contributed by atoms with van der Waals surface area (Å²) in [5, 5.41) is 4.17. The van der Waals surface area contributed by atoms with E-state index in [1.165, 1.54) is 6.33 Å². The summed E-state index contributed by atoms with van der Waals surface area (Å²) in [6.45, 7) is 2.90. The zero-order valence-electron chi connectivity index (χ0n) is 14.2. The van der Waals surface area contributed by atoms with Gasteiger partial charge in [-0.2, -0.15) is 0 Å². The molecule has 0 atom stereocenters. The normalized spacial score (nSPS) is 13.2. The van der Waals surface area contributed by atoms with Crippen molar-refractivity contribution in [1.82, 2.24) is 9.97 Å². The van der Waals surface area contributed by atoms with Gasteiger partial charge in [0.05, 0.1) is 17.7 Å². The van der Waals surface area contributed by atoms with E-state index in [9.17, 15) is 4.79 Å². The van der Waals surface area contributed by atoms with Crippen LogP contribution in [0.1, 0.15) is 13.3 Å². The number of benzene rings is 2. The van der Waals surface area contributed by atoms with Crippen molar-refractivity contribution in [3.05, 3.63) is 47.2 Å². The maximum absolute atomic E-state index is 12.3. The van der Waals surface area contributed by atoms with Crippen molar-refractivity contribution in [2.45, 2.75) is 13.3 Å². The highest BCUT2D eigenvalue weighted by molar-refractivity contribution is 9.10. The minimum absolute atomic E-state index is 0.0762. The molecule has 2 heterocycles. The second-order valence-electron chi connectivity index (χ2n) is 5.94. The van der Waals surface area contributed by atoms with E-state index in [4.69, 9.17) is 4.74 Å². The summed E-state index contributed by atoms with van der Waals surface area (Å²) in [4.78, 5) is 22.8. The molecule has 1 amide bonds. The van der Waals surface area contributed by atoms with Gasteiger partial charge in [-0.25, -0.2) is 9.97 Å². The maximum Gasteiger partial charge on any atom is 0.226 e. The highest BCUT2D eigenvalue weighted by Crippen LogP contribution is 2.37. The van der Waals surface area contributed by atoms with E-state index in [-0.39, 0.29) is 5.91 Å². The first-order chi connectivity index (χ1) is 12.7. The Hall–Kier alpha value is -2.67. The minimum atomic E-state index is 0.0762. The molecule has 0 fully saturated rings. The number of hydrogen-bond donors (Lipinski definition) is 1. The van der Waals surface area contributed by atoms with E-state index in [0.717, 1.165) is 26.8 Å². The molecule has 0 bridgehead atoms. The standard InChI is InChI=1S/C19H17BrN4O2/c1-2-18(25)24-6-7-26-17-10-15-14(9-16(17)24)19(22-11-21-15)23-13-5-3-4-12(20)8-13/h3-5,8-11H,2,6-7H2,1H3,(H,21,22,23). The van der Waals surface area contributed by atoms with E-state index in [0.29, 0.717) is 31.1 Å². The van der Waals surface area contributed by atoms with Crippen LogP contribution in [0.3, 0.4) is 0 Å². The van der Waals surface area contributed by atoms with Crippen LogP contribution in [0.2, 0.25) is 0 Å². The molecule has 0 saturated heterocycles. The van der Waals surface area contributed by atoms with Crippen LogP contribution in [0, 0.1) is 0 Å². The predicted molar refractivity (Wildman–Crippen MR) is 105 cm³/mol. The lowest BCUT2D eigenvalue weighted by atomic mass is 10.1. The zero-order valence-corrected chi connectivity index (χ0v) is 15.8. The van der Waals surface area contributed by atoms with Crippen LogP contribution in [-0.2, 0) is 4.79 Å².